The van der Waals surface area contributed by atoms with E-state index in [1.165, 1.54) is 11.3 Å². The molecule has 6 nitrogen and oxygen atoms in total. The molecule has 142 valence electrons. The number of carboxylic acids is 1. The molecule has 1 N–H and O–H groups in total. The maximum Gasteiger partial charge on any atom is 0.416 e. The molecule has 0 unspecified atom stereocenters. The molecule has 0 fully saturated rings. The van der Waals surface area contributed by atoms with Crippen molar-refractivity contribution in [3.05, 3.63) is 64.1 Å². The zero-order valence-corrected chi connectivity index (χ0v) is 14.7. The number of fused-ring (bicyclic) bond motifs is 2. The smallest absolute Gasteiger partial charge is 0.416 e. The van der Waals surface area contributed by atoms with Crippen LogP contribution in [0.3, 0.4) is 0 Å². The van der Waals surface area contributed by atoms with Gasteiger partial charge in [-0.2, -0.15) is 23.0 Å². The van der Waals surface area contributed by atoms with E-state index in [1.54, 1.807) is 24.3 Å². The Hall–Kier alpha value is -3.27. The van der Waals surface area contributed by atoms with Crippen molar-refractivity contribution < 1.29 is 23.1 Å². The van der Waals surface area contributed by atoms with Gasteiger partial charge < -0.3 is 5.11 Å². The van der Waals surface area contributed by atoms with Crippen LogP contribution in [0.5, 0.6) is 0 Å². The molecule has 0 radical (unpaired) electrons. The van der Waals surface area contributed by atoms with E-state index in [0.29, 0.717) is 5.52 Å². The van der Waals surface area contributed by atoms with Gasteiger partial charge in [0.25, 0.3) is 5.56 Å². The number of rotatable bonds is 3. The number of aliphatic carboxylic acids is 1. The first-order chi connectivity index (χ1) is 13.2. The number of carbonyl (C=O) groups is 1. The highest BCUT2D eigenvalue weighted by Crippen LogP contribution is 2.32. The molecule has 2 heterocycles. The summed E-state index contributed by atoms with van der Waals surface area (Å²) in [5.74, 6) is -1.28. The number of carboxylic acid groups (broad SMARTS) is 1. The van der Waals surface area contributed by atoms with Gasteiger partial charge in [0.05, 0.1) is 33.3 Å². The van der Waals surface area contributed by atoms with Crippen molar-refractivity contribution in [3.63, 3.8) is 0 Å². The summed E-state index contributed by atoms with van der Waals surface area (Å²) in [6.07, 6.45) is -5.26. The third-order valence-electron chi connectivity index (χ3n) is 4.08. The van der Waals surface area contributed by atoms with E-state index in [0.717, 1.165) is 27.6 Å². The molecule has 0 amide bonds. The quantitative estimate of drug-likeness (QED) is 0.563. The Bertz CT molecular complexity index is 1260. The van der Waals surface area contributed by atoms with Crippen molar-refractivity contribution >= 4 is 38.3 Å². The van der Waals surface area contributed by atoms with Gasteiger partial charge in [-0.1, -0.05) is 23.5 Å². The van der Waals surface area contributed by atoms with Crippen LogP contribution in [0.2, 0.25) is 0 Å². The topological polar surface area (TPSA) is 85.1 Å². The molecule has 0 saturated carbocycles. The Morgan fingerprint density at radius 1 is 1.14 bits per heavy atom. The van der Waals surface area contributed by atoms with Crippen molar-refractivity contribution in [2.24, 2.45) is 0 Å². The zero-order chi connectivity index (χ0) is 20.1. The van der Waals surface area contributed by atoms with Crippen molar-refractivity contribution in [2.45, 2.75) is 12.6 Å². The fraction of sp³-hybridized carbons (Fsp3) is 0.111. The van der Waals surface area contributed by atoms with Gasteiger partial charge in [-0.3, -0.25) is 9.59 Å². The minimum Gasteiger partial charge on any atom is -0.481 e. The molecule has 0 spiro atoms. The summed E-state index contributed by atoms with van der Waals surface area (Å²) < 4.78 is 40.9. The second kappa shape index (κ2) is 6.41. The van der Waals surface area contributed by atoms with E-state index in [-0.39, 0.29) is 21.6 Å². The first-order valence-electron chi connectivity index (χ1n) is 7.95. The van der Waals surface area contributed by atoms with Crippen LogP contribution in [0.1, 0.15) is 11.3 Å². The Balaban J connectivity index is 2.01. The van der Waals surface area contributed by atoms with Crippen molar-refractivity contribution in [1.82, 2.24) is 14.8 Å². The minimum atomic E-state index is -4.63. The number of aromatic nitrogens is 3. The van der Waals surface area contributed by atoms with Gasteiger partial charge in [-0.05, 0) is 30.3 Å². The lowest BCUT2D eigenvalue weighted by Crippen LogP contribution is -2.24. The van der Waals surface area contributed by atoms with E-state index in [1.807, 2.05) is 0 Å². The van der Waals surface area contributed by atoms with E-state index in [4.69, 9.17) is 5.11 Å². The first-order valence-corrected chi connectivity index (χ1v) is 8.76. The predicted octanol–water partition coefficient (Wildman–Crippen LogP) is 3.64. The van der Waals surface area contributed by atoms with Crippen LogP contribution >= 0.6 is 11.3 Å². The molecule has 0 saturated heterocycles. The molecule has 2 aromatic carbocycles. The Kier molecular flexibility index (Phi) is 4.15. The summed E-state index contributed by atoms with van der Waals surface area (Å²) in [4.78, 5) is 28.4. The van der Waals surface area contributed by atoms with E-state index < -0.39 is 29.7 Å². The molecular weight excluding hydrogens is 395 g/mol. The molecule has 0 aliphatic heterocycles. The van der Waals surface area contributed by atoms with Crippen LogP contribution in [0.4, 0.5) is 13.2 Å². The van der Waals surface area contributed by atoms with Crippen LogP contribution in [-0.4, -0.2) is 25.8 Å². The van der Waals surface area contributed by atoms with Gasteiger partial charge in [0, 0.05) is 5.39 Å². The van der Waals surface area contributed by atoms with Crippen molar-refractivity contribution in [1.29, 1.82) is 0 Å². The number of halogens is 3. The lowest BCUT2D eigenvalue weighted by atomic mass is 10.1. The first kappa shape index (κ1) is 18.1. The molecule has 0 aliphatic rings. The third-order valence-corrected chi connectivity index (χ3v) is 5.10. The van der Waals surface area contributed by atoms with Crippen LogP contribution in [0.25, 0.3) is 26.1 Å². The molecule has 4 aromatic rings. The number of para-hydroxylation sites is 1. The SMILES string of the molecule is O=C(O)Cc1nn(-c2nc3ccccc3s2)c(=O)c2ccc(C(F)(F)F)cc12. The van der Waals surface area contributed by atoms with Crippen molar-refractivity contribution in [3.8, 4) is 5.13 Å². The average molecular weight is 405 g/mol. The van der Waals surface area contributed by atoms with Gasteiger partial charge in [0.15, 0.2) is 0 Å². The molecule has 2 aromatic heterocycles. The maximum atomic E-state index is 13.0. The Morgan fingerprint density at radius 2 is 1.89 bits per heavy atom. The van der Waals surface area contributed by atoms with Crippen LogP contribution < -0.4 is 5.56 Å². The summed E-state index contributed by atoms with van der Waals surface area (Å²) in [5.41, 5.74) is -1.17. The normalized spacial score (nSPS) is 12.0. The van der Waals surface area contributed by atoms with Gasteiger partial charge in [0.2, 0.25) is 5.13 Å². The average Bonchev–Trinajstić information content (AvgIpc) is 3.06. The summed E-state index contributed by atoms with van der Waals surface area (Å²) in [6, 6.07) is 9.71. The monoisotopic (exact) mass is 405 g/mol. The Labute approximate surface area is 158 Å². The number of benzene rings is 2. The number of hydrogen-bond donors (Lipinski definition) is 1. The molecular formula is C18H10F3N3O3S. The number of hydrogen-bond acceptors (Lipinski definition) is 5. The molecule has 0 aliphatic carbocycles. The highest BCUT2D eigenvalue weighted by atomic mass is 32.1. The zero-order valence-electron chi connectivity index (χ0n) is 13.9. The fourth-order valence-electron chi connectivity index (χ4n) is 2.83. The summed E-state index contributed by atoms with van der Waals surface area (Å²) in [7, 11) is 0. The lowest BCUT2D eigenvalue weighted by molar-refractivity contribution is -0.137. The van der Waals surface area contributed by atoms with E-state index in [2.05, 4.69) is 10.1 Å². The summed E-state index contributed by atoms with van der Waals surface area (Å²) in [6.45, 7) is 0. The highest BCUT2D eigenvalue weighted by Gasteiger charge is 2.31. The van der Waals surface area contributed by atoms with Gasteiger partial charge in [-0.15, -0.1) is 0 Å². The largest absolute Gasteiger partial charge is 0.481 e. The molecule has 0 atom stereocenters. The highest BCUT2D eigenvalue weighted by molar-refractivity contribution is 7.20. The Morgan fingerprint density at radius 3 is 2.57 bits per heavy atom. The third kappa shape index (κ3) is 3.11. The van der Waals surface area contributed by atoms with Crippen LogP contribution in [-0.2, 0) is 17.4 Å². The number of alkyl halides is 3. The van der Waals surface area contributed by atoms with Crippen LogP contribution in [0.15, 0.2) is 47.3 Å². The van der Waals surface area contributed by atoms with E-state index >= 15 is 0 Å². The second-order valence-corrected chi connectivity index (χ2v) is 6.97. The summed E-state index contributed by atoms with van der Waals surface area (Å²) in [5, 5.41) is 13.2. The second-order valence-electron chi connectivity index (χ2n) is 5.96. The maximum absolute atomic E-state index is 13.0. The number of thiazole rings is 1. The van der Waals surface area contributed by atoms with Crippen LogP contribution in [0, 0.1) is 0 Å². The number of nitrogens with zero attached hydrogens (tertiary/aromatic N) is 3. The fourth-order valence-corrected chi connectivity index (χ4v) is 3.75. The lowest BCUT2D eigenvalue weighted by Gasteiger charge is -2.11. The summed E-state index contributed by atoms with van der Waals surface area (Å²) >= 11 is 1.17. The van der Waals surface area contributed by atoms with Crippen molar-refractivity contribution in [2.75, 3.05) is 0 Å². The van der Waals surface area contributed by atoms with Gasteiger partial charge in [-0.25, -0.2) is 4.98 Å². The van der Waals surface area contributed by atoms with Gasteiger partial charge in [0.1, 0.15) is 0 Å². The molecule has 0 bridgehead atoms. The predicted molar refractivity (Wildman–Crippen MR) is 96.9 cm³/mol. The minimum absolute atomic E-state index is 0.0569. The molecule has 10 heteroatoms. The molecule has 28 heavy (non-hydrogen) atoms. The molecule has 4 rings (SSSR count). The standard InChI is InChI=1S/C18H10F3N3O3S/c19-18(20,21)9-5-6-10-11(7-9)13(8-15(25)26)23-24(16(10)27)17-22-12-3-1-2-4-14(12)28-17/h1-7H,8H2,(H,25,26). The van der Waals surface area contributed by atoms with E-state index in [9.17, 15) is 22.8 Å². The van der Waals surface area contributed by atoms with Gasteiger partial charge >= 0.3 is 12.1 Å².